The standard InChI is InChI=1S/C25H34N6O2S/c1-17-16-33-14-13-31(17)22-15-21(25(34-2)9-11-26-12-10-25)29-23(30-22)18-3-5-19(6-4-18)27-24(32)28-20-7-8-20/h3-6,15,17,20,26H,7-14,16H2,1-2H3,(H2,27,28,32)/p+1/t17-/m0/s1. The molecule has 8 nitrogen and oxygen atoms in total. The van der Waals surface area contributed by atoms with Gasteiger partial charge < -0.3 is 25.6 Å². The van der Waals surface area contributed by atoms with E-state index < -0.39 is 0 Å². The molecule has 3 aliphatic rings. The normalized spacial score (nSPS) is 22.3. The summed E-state index contributed by atoms with van der Waals surface area (Å²) < 4.78 is 5.71. The molecule has 2 saturated heterocycles. The average molecular weight is 484 g/mol. The third-order valence-corrected chi connectivity index (χ3v) is 8.56. The van der Waals surface area contributed by atoms with E-state index in [1.165, 1.54) is 11.8 Å². The van der Waals surface area contributed by atoms with Crippen LogP contribution in [-0.2, 0) is 21.2 Å². The second-order valence-corrected chi connectivity index (χ2v) is 10.8. The molecule has 1 atom stereocenters. The molecule has 0 spiro atoms. The van der Waals surface area contributed by atoms with Crippen LogP contribution < -0.4 is 20.9 Å². The number of hydrogen-bond acceptors (Lipinski definition) is 6. The third-order valence-electron chi connectivity index (χ3n) is 7.02. The molecule has 0 bridgehead atoms. The Morgan fingerprint density at radius 2 is 1.97 bits per heavy atom. The van der Waals surface area contributed by atoms with Gasteiger partial charge in [-0.05, 0) is 55.8 Å². The Kier molecular flexibility index (Phi) is 6.94. The predicted octanol–water partition coefficient (Wildman–Crippen LogP) is 2.68. The van der Waals surface area contributed by atoms with E-state index in [1.54, 1.807) is 0 Å². The number of morpholine rings is 1. The fourth-order valence-corrected chi connectivity index (χ4v) is 5.75. The van der Waals surface area contributed by atoms with Crippen molar-refractivity contribution in [2.24, 2.45) is 0 Å². The molecular weight excluding hydrogens is 448 g/mol. The van der Waals surface area contributed by atoms with Gasteiger partial charge in [-0.3, -0.25) is 0 Å². The number of piperidine rings is 1. The number of amides is 2. The molecule has 1 saturated carbocycles. The molecule has 1 aliphatic carbocycles. The Hall–Kier alpha value is -2.36. The Bertz CT molecular complexity index is 1010. The Morgan fingerprint density at radius 1 is 1.21 bits per heavy atom. The first-order valence-electron chi connectivity index (χ1n) is 12.3. The number of aromatic nitrogens is 2. The molecule has 0 unspecified atom stereocenters. The molecule has 9 heteroatoms. The maximum atomic E-state index is 12.1. The van der Waals surface area contributed by atoms with Crippen LogP contribution in [0.5, 0.6) is 0 Å². The molecule has 3 N–H and O–H groups in total. The summed E-state index contributed by atoms with van der Waals surface area (Å²) in [5.41, 5.74) is 2.85. The molecule has 3 fully saturated rings. The Labute approximate surface area is 205 Å². The quantitative estimate of drug-likeness (QED) is 0.432. The van der Waals surface area contributed by atoms with Crippen LogP contribution in [0.15, 0.2) is 30.3 Å². The van der Waals surface area contributed by atoms with Gasteiger partial charge in [0.25, 0.3) is 0 Å². The van der Waals surface area contributed by atoms with E-state index in [9.17, 15) is 4.79 Å². The Balaban J connectivity index is 1.46. The maximum absolute atomic E-state index is 12.1. The van der Waals surface area contributed by atoms with Gasteiger partial charge in [-0.1, -0.05) is 0 Å². The van der Waals surface area contributed by atoms with Crippen LogP contribution in [0.3, 0.4) is 0 Å². The van der Waals surface area contributed by atoms with Crippen LogP contribution >= 0.6 is 0 Å². The van der Waals surface area contributed by atoms with E-state index in [4.69, 9.17) is 14.7 Å². The zero-order valence-electron chi connectivity index (χ0n) is 20.0. The summed E-state index contributed by atoms with van der Waals surface area (Å²) in [5, 5.41) is 9.37. The molecule has 2 aromatic rings. The highest BCUT2D eigenvalue weighted by atomic mass is 32.2. The summed E-state index contributed by atoms with van der Waals surface area (Å²) in [6, 6.07) is 10.5. The minimum absolute atomic E-state index is 0.0373. The highest BCUT2D eigenvalue weighted by molar-refractivity contribution is 7.78. The number of ether oxygens (including phenoxy) is 1. The molecule has 1 aromatic carbocycles. The lowest BCUT2D eigenvalue weighted by molar-refractivity contribution is 0.0985. The number of thiol groups is 1. The van der Waals surface area contributed by atoms with Gasteiger partial charge in [-0.2, -0.15) is 0 Å². The summed E-state index contributed by atoms with van der Waals surface area (Å²) in [5.74, 6) is 1.71. The van der Waals surface area contributed by atoms with Crippen LogP contribution in [0.25, 0.3) is 11.4 Å². The van der Waals surface area contributed by atoms with Crippen LogP contribution in [0.4, 0.5) is 16.3 Å². The molecule has 34 heavy (non-hydrogen) atoms. The van der Waals surface area contributed by atoms with Crippen molar-refractivity contribution in [3.05, 3.63) is 36.0 Å². The number of carbonyl (C=O) groups excluding carboxylic acids is 1. The van der Waals surface area contributed by atoms with E-state index in [1.807, 2.05) is 24.3 Å². The number of rotatable bonds is 6. The Morgan fingerprint density at radius 3 is 2.65 bits per heavy atom. The van der Waals surface area contributed by atoms with Crippen LogP contribution in [0.2, 0.25) is 0 Å². The first kappa shape index (κ1) is 23.4. The molecule has 2 amide bonds. The number of carbonyl (C=O) groups is 1. The number of nitrogens with zero attached hydrogens (tertiary/aromatic N) is 3. The molecule has 0 radical (unpaired) electrons. The van der Waals surface area contributed by atoms with Crippen molar-refractivity contribution in [3.8, 4) is 11.4 Å². The smallest absolute Gasteiger partial charge is 0.319 e. The summed E-state index contributed by atoms with van der Waals surface area (Å²) in [4.78, 5) is 24.6. The van der Waals surface area contributed by atoms with Crippen molar-refractivity contribution in [3.63, 3.8) is 0 Å². The van der Waals surface area contributed by atoms with Gasteiger partial charge in [0.2, 0.25) is 0 Å². The van der Waals surface area contributed by atoms with E-state index in [-0.39, 0.29) is 16.8 Å². The van der Waals surface area contributed by atoms with Gasteiger partial charge in [-0.25, -0.2) is 14.8 Å². The fourth-order valence-electron chi connectivity index (χ4n) is 4.73. The SMILES string of the molecule is C[SH+]C1(c2cc(N3CCOC[C@@H]3C)nc(-c3ccc(NC(=O)NC4CC4)cc3)n2)CCNCC1. The maximum Gasteiger partial charge on any atom is 0.319 e. The van der Waals surface area contributed by atoms with Gasteiger partial charge >= 0.3 is 6.03 Å². The van der Waals surface area contributed by atoms with Crippen LogP contribution in [0.1, 0.15) is 38.3 Å². The molecule has 182 valence electrons. The van der Waals surface area contributed by atoms with Gasteiger partial charge in [0.05, 0.1) is 25.5 Å². The van der Waals surface area contributed by atoms with E-state index in [2.05, 4.69) is 40.1 Å². The lowest BCUT2D eigenvalue weighted by atomic mass is 9.92. The molecule has 5 rings (SSSR count). The topological polar surface area (TPSA) is 91.4 Å². The van der Waals surface area contributed by atoms with Crippen molar-refractivity contribution in [1.82, 2.24) is 20.6 Å². The summed E-state index contributed by atoms with van der Waals surface area (Å²) >= 11 is 1.34. The number of benzene rings is 1. The lowest BCUT2D eigenvalue weighted by Gasteiger charge is -2.36. The van der Waals surface area contributed by atoms with Gasteiger partial charge in [-0.15, -0.1) is 0 Å². The van der Waals surface area contributed by atoms with Crippen LogP contribution in [0, 0.1) is 0 Å². The molecule has 2 aliphatic heterocycles. The zero-order valence-corrected chi connectivity index (χ0v) is 20.9. The van der Waals surface area contributed by atoms with Gasteiger partial charge in [0.15, 0.2) is 10.6 Å². The molecule has 1 aromatic heterocycles. The zero-order chi connectivity index (χ0) is 23.5. The number of anilines is 2. The van der Waals surface area contributed by atoms with Gasteiger partial charge in [0, 0.05) is 55.8 Å². The number of hydrogen-bond donors (Lipinski definition) is 3. The average Bonchev–Trinajstić information content (AvgIpc) is 3.69. The van der Waals surface area contributed by atoms with E-state index in [0.717, 1.165) is 73.9 Å². The summed E-state index contributed by atoms with van der Waals surface area (Å²) in [6.07, 6.45) is 6.52. The molecular formula is C25H35N6O2S+. The monoisotopic (exact) mass is 483 g/mol. The second-order valence-electron chi connectivity index (χ2n) is 9.51. The van der Waals surface area contributed by atoms with Crippen molar-refractivity contribution < 1.29 is 9.53 Å². The number of urea groups is 1. The summed E-state index contributed by atoms with van der Waals surface area (Å²) in [6.45, 7) is 6.45. The minimum atomic E-state index is -0.146. The first-order chi connectivity index (χ1) is 16.6. The lowest BCUT2D eigenvalue weighted by Crippen LogP contribution is -2.45. The van der Waals surface area contributed by atoms with Gasteiger partial charge in [0.1, 0.15) is 11.5 Å². The summed E-state index contributed by atoms with van der Waals surface area (Å²) in [7, 11) is 0. The minimum Gasteiger partial charge on any atom is -0.377 e. The van der Waals surface area contributed by atoms with E-state index >= 15 is 0 Å². The third kappa shape index (κ3) is 5.16. The highest BCUT2D eigenvalue weighted by Crippen LogP contribution is 2.36. The predicted molar refractivity (Wildman–Crippen MR) is 139 cm³/mol. The number of nitrogens with one attached hydrogen (secondary N) is 3. The van der Waals surface area contributed by atoms with E-state index in [0.29, 0.717) is 19.3 Å². The van der Waals surface area contributed by atoms with Crippen molar-refractivity contribution in [2.75, 3.05) is 49.3 Å². The van der Waals surface area contributed by atoms with Crippen molar-refractivity contribution in [1.29, 1.82) is 0 Å². The highest BCUT2D eigenvalue weighted by Gasteiger charge is 2.42. The largest absolute Gasteiger partial charge is 0.377 e. The van der Waals surface area contributed by atoms with Crippen LogP contribution in [-0.4, -0.2) is 67.2 Å². The van der Waals surface area contributed by atoms with Crippen molar-refractivity contribution >= 4 is 29.3 Å². The second kappa shape index (κ2) is 10.1. The fraction of sp³-hybridized carbons (Fsp3) is 0.560. The van der Waals surface area contributed by atoms with Crippen molar-refractivity contribution in [2.45, 2.75) is 49.4 Å². The molecule has 3 heterocycles. The first-order valence-corrected chi connectivity index (χ1v) is 13.6.